The van der Waals surface area contributed by atoms with Gasteiger partial charge in [0.05, 0.1) is 10.9 Å². The third-order valence-corrected chi connectivity index (χ3v) is 23.4. The van der Waals surface area contributed by atoms with Crippen LogP contribution >= 0.6 is 0 Å². The Hall–Kier alpha value is -1.05. The number of hydrogen-bond acceptors (Lipinski definition) is 0. The summed E-state index contributed by atoms with van der Waals surface area (Å²) >= 11 is 0. The molecule has 0 bridgehead atoms. The van der Waals surface area contributed by atoms with Gasteiger partial charge in [-0.1, -0.05) is 152 Å². The van der Waals surface area contributed by atoms with Crippen LogP contribution in [0.2, 0.25) is 75.5 Å². The molecular weight excluding hydrogens is 620 g/mol. The quantitative estimate of drug-likeness (QED) is 0.0926. The summed E-state index contributed by atoms with van der Waals surface area (Å²) < 4.78 is 0. The van der Waals surface area contributed by atoms with E-state index in [0.717, 1.165) is 0 Å². The van der Waals surface area contributed by atoms with Crippen LogP contribution in [0.5, 0.6) is 0 Å². The molecule has 0 aliphatic carbocycles. The highest BCUT2D eigenvalue weighted by Crippen LogP contribution is 2.33. The highest BCUT2D eigenvalue weighted by atomic mass is 35.5. The first-order valence-corrected chi connectivity index (χ1v) is 28.8. The van der Waals surface area contributed by atoms with Gasteiger partial charge in [0.1, 0.15) is 0 Å². The summed E-state index contributed by atoms with van der Waals surface area (Å²) in [5, 5.41) is 0. The van der Waals surface area contributed by atoms with Gasteiger partial charge >= 0.3 is 0 Å². The number of halogens is 1. The average molecular weight is 684 g/mol. The minimum Gasteiger partial charge on any atom is -1.00 e. The molecule has 0 saturated heterocycles. The van der Waals surface area contributed by atoms with Crippen LogP contribution in [0.3, 0.4) is 0 Å². The maximum absolute atomic E-state index is 2.54. The molecule has 244 valence electrons. The normalized spacial score (nSPS) is 12.4. The number of rotatable bonds is 18. The second-order valence-corrected chi connectivity index (χ2v) is 34.0. The van der Waals surface area contributed by atoms with Gasteiger partial charge in [-0.3, -0.25) is 0 Å². The lowest BCUT2D eigenvalue weighted by Crippen LogP contribution is -3.00. The molecule has 44 heavy (non-hydrogen) atoms. The van der Waals surface area contributed by atoms with Crippen LogP contribution in [0, 0.1) is 0 Å². The van der Waals surface area contributed by atoms with E-state index in [4.69, 9.17) is 0 Å². The van der Waals surface area contributed by atoms with Crippen LogP contribution in [0.1, 0.15) is 56.7 Å². The van der Waals surface area contributed by atoms with Crippen molar-refractivity contribution in [2.75, 3.05) is 0 Å². The molecule has 0 aliphatic heterocycles. The van der Waals surface area contributed by atoms with Crippen LogP contribution in [0.25, 0.3) is 0 Å². The Balaban J connectivity index is 0.00000675. The van der Waals surface area contributed by atoms with Crippen molar-refractivity contribution in [3.05, 3.63) is 89.5 Å². The topological polar surface area (TPSA) is 0 Å². The lowest BCUT2D eigenvalue weighted by Gasteiger charge is -2.19. The first-order chi connectivity index (χ1) is 20.4. The van der Waals surface area contributed by atoms with Gasteiger partial charge in [-0.05, 0) is 72.4 Å². The summed E-state index contributed by atoms with van der Waals surface area (Å²) in [6.45, 7) is 22.4. The molecule has 3 rings (SSSR count). The van der Waals surface area contributed by atoms with E-state index in [1.54, 1.807) is 0 Å². The molecule has 5 heteroatoms. The highest BCUT2D eigenvalue weighted by molar-refractivity contribution is 7.97. The van der Waals surface area contributed by atoms with Gasteiger partial charge in [0.2, 0.25) is 0 Å². The van der Waals surface area contributed by atoms with Crippen LogP contribution in [0.15, 0.2) is 87.5 Å². The van der Waals surface area contributed by atoms with Crippen molar-refractivity contribution in [3.63, 3.8) is 0 Å². The SMILES string of the molecule is CC[Si](C)(C)CCCc1ccc([S+](c2ccc(CCC[Si](C)(C)CC)cc2)c2ccc(CCC[Si](C)(C)CC)cc2)cc1.[Cl-]. The maximum Gasteiger partial charge on any atom is 0.166 e. The second-order valence-electron chi connectivity index (χ2n) is 15.4. The Labute approximate surface area is 285 Å². The minimum absolute atomic E-state index is 0. The van der Waals surface area contributed by atoms with Gasteiger partial charge in [0.15, 0.2) is 14.7 Å². The predicted molar refractivity (Wildman–Crippen MR) is 205 cm³/mol. The smallest absolute Gasteiger partial charge is 0.166 e. The first-order valence-electron chi connectivity index (χ1n) is 17.4. The fourth-order valence-electron chi connectivity index (χ4n) is 5.63. The highest BCUT2D eigenvalue weighted by Gasteiger charge is 2.29. The summed E-state index contributed by atoms with van der Waals surface area (Å²) in [5.74, 6) is 0. The molecular formula is C39H63ClSSi3. The summed E-state index contributed by atoms with van der Waals surface area (Å²) in [5.41, 5.74) is 4.49. The molecule has 0 N–H and O–H groups in total. The standard InChI is InChI=1S/C39H63SSi3.ClH/c1-10-41(4,5)31-13-16-34-19-25-37(26-20-34)40(38-27-21-35(22-28-38)17-14-32-42(6,7)11-2)39-29-23-36(24-30-39)18-15-33-43(8,9)12-3;/h19-30H,10-18,31-33H2,1-9H3;1H/q+1;/p-1. The van der Waals surface area contributed by atoms with E-state index in [1.807, 2.05) is 0 Å². The zero-order valence-corrected chi connectivity index (χ0v) is 34.3. The molecule has 0 nitrogen and oxygen atoms in total. The lowest BCUT2D eigenvalue weighted by atomic mass is 10.1. The third-order valence-electron chi connectivity index (χ3n) is 10.3. The van der Waals surface area contributed by atoms with E-state index >= 15 is 0 Å². The molecule has 0 fully saturated rings. The van der Waals surface area contributed by atoms with Crippen LogP contribution in [-0.2, 0) is 30.2 Å². The Morgan fingerprint density at radius 2 is 0.636 bits per heavy atom. The van der Waals surface area contributed by atoms with E-state index < -0.39 is 24.2 Å². The molecule has 0 radical (unpaired) electrons. The van der Waals surface area contributed by atoms with Crippen LogP contribution in [-0.4, -0.2) is 24.2 Å². The monoisotopic (exact) mass is 682 g/mol. The minimum atomic E-state index is -0.993. The van der Waals surface area contributed by atoms with Crippen molar-refractivity contribution < 1.29 is 12.4 Å². The third kappa shape index (κ3) is 13.0. The fourth-order valence-corrected chi connectivity index (χ4v) is 12.1. The maximum atomic E-state index is 2.54. The van der Waals surface area contributed by atoms with Crippen molar-refractivity contribution in [1.82, 2.24) is 0 Å². The average Bonchev–Trinajstić information content (AvgIpc) is 2.99. The van der Waals surface area contributed by atoms with Crippen molar-refractivity contribution >= 4 is 35.1 Å². The lowest BCUT2D eigenvalue weighted by molar-refractivity contribution is -0.00000973. The molecule has 0 unspecified atom stereocenters. The molecule has 0 spiro atoms. The summed E-state index contributed by atoms with van der Waals surface area (Å²) in [7, 11) is -3.06. The van der Waals surface area contributed by atoms with Crippen molar-refractivity contribution in [2.45, 2.75) is 150 Å². The van der Waals surface area contributed by atoms with Gasteiger partial charge in [-0.25, -0.2) is 0 Å². The first kappa shape index (κ1) is 39.1. The van der Waals surface area contributed by atoms with Crippen LogP contribution < -0.4 is 12.4 Å². The van der Waals surface area contributed by atoms with Crippen LogP contribution in [0.4, 0.5) is 0 Å². The molecule has 0 aromatic heterocycles. The van der Waals surface area contributed by atoms with Gasteiger partial charge in [0.25, 0.3) is 0 Å². The van der Waals surface area contributed by atoms with Gasteiger partial charge in [0, 0.05) is 24.2 Å². The summed E-state index contributed by atoms with van der Waals surface area (Å²) in [4.78, 5) is 4.33. The largest absolute Gasteiger partial charge is 1.00 e. The van der Waals surface area contributed by atoms with E-state index in [1.165, 1.54) is 106 Å². The Morgan fingerprint density at radius 3 is 0.841 bits per heavy atom. The second kappa shape index (κ2) is 18.3. The Bertz CT molecular complexity index is 1060. The van der Waals surface area contributed by atoms with E-state index in [-0.39, 0.29) is 23.3 Å². The van der Waals surface area contributed by atoms with Gasteiger partial charge < -0.3 is 12.4 Å². The summed E-state index contributed by atoms with van der Waals surface area (Å²) in [6, 6.07) is 37.5. The molecule has 3 aromatic rings. The fraction of sp³-hybridized carbons (Fsp3) is 0.538. The van der Waals surface area contributed by atoms with Crippen molar-refractivity contribution in [2.24, 2.45) is 0 Å². The van der Waals surface area contributed by atoms with Gasteiger partial charge in [-0.15, -0.1) is 0 Å². The zero-order valence-electron chi connectivity index (χ0n) is 29.7. The number of aryl methyl sites for hydroxylation is 3. The molecule has 0 aliphatic rings. The van der Waals surface area contributed by atoms with Crippen molar-refractivity contribution in [1.29, 1.82) is 0 Å². The van der Waals surface area contributed by atoms with Crippen molar-refractivity contribution in [3.8, 4) is 0 Å². The molecule has 3 aromatic carbocycles. The van der Waals surface area contributed by atoms with E-state index in [0.29, 0.717) is 0 Å². The molecule has 0 amide bonds. The molecule has 0 heterocycles. The Kier molecular flexibility index (Phi) is 16.3. The summed E-state index contributed by atoms with van der Waals surface area (Å²) in [6.07, 6.45) is 7.63. The number of hydrogen-bond donors (Lipinski definition) is 0. The van der Waals surface area contributed by atoms with E-state index in [2.05, 4.69) is 133 Å². The molecule has 0 atom stereocenters. The zero-order chi connectivity index (χ0) is 31.5. The van der Waals surface area contributed by atoms with E-state index in [9.17, 15) is 0 Å². The molecule has 0 saturated carbocycles. The van der Waals surface area contributed by atoms with Gasteiger partial charge in [-0.2, -0.15) is 0 Å². The number of benzene rings is 3. The Morgan fingerprint density at radius 1 is 0.409 bits per heavy atom. The predicted octanol–water partition coefficient (Wildman–Crippen LogP) is 9.77.